The molecule has 0 spiro atoms. The third-order valence-corrected chi connectivity index (χ3v) is 7.14. The summed E-state index contributed by atoms with van der Waals surface area (Å²) in [7, 11) is 1.67. The van der Waals surface area contributed by atoms with Crippen molar-refractivity contribution in [2.45, 2.75) is 25.4 Å². The van der Waals surface area contributed by atoms with Gasteiger partial charge in [0.25, 0.3) is 0 Å². The molecule has 3 aromatic rings. The smallest absolute Gasteiger partial charge is 0.188 e. The van der Waals surface area contributed by atoms with Crippen molar-refractivity contribution in [3.05, 3.63) is 100 Å². The minimum Gasteiger partial charge on any atom is -0.497 e. The molecular weight excluding hydrogens is 415 g/mol. The highest BCUT2D eigenvalue weighted by molar-refractivity contribution is 6.08. The van der Waals surface area contributed by atoms with Gasteiger partial charge in [-0.25, -0.2) is 4.39 Å². The van der Waals surface area contributed by atoms with Gasteiger partial charge in [0.2, 0.25) is 0 Å². The van der Waals surface area contributed by atoms with Gasteiger partial charge in [0, 0.05) is 50.3 Å². The monoisotopic (exact) mass is 444 g/mol. The summed E-state index contributed by atoms with van der Waals surface area (Å²) >= 11 is 0. The van der Waals surface area contributed by atoms with E-state index in [1.807, 2.05) is 37.3 Å². The summed E-state index contributed by atoms with van der Waals surface area (Å²) in [5, 5.41) is 0. The molecular formula is C28H29FN2O2. The fourth-order valence-electron chi connectivity index (χ4n) is 5.36. The molecule has 1 saturated heterocycles. The minimum atomic E-state index is -0.844. The molecule has 1 heterocycles. The number of fused-ring (bicyclic) bond motifs is 1. The molecule has 1 unspecified atom stereocenters. The molecule has 0 amide bonds. The number of hydrogen-bond acceptors (Lipinski definition) is 4. The Hall–Kier alpha value is -3.02. The number of ketones is 1. The van der Waals surface area contributed by atoms with Crippen LogP contribution in [0.1, 0.15) is 32.6 Å². The Morgan fingerprint density at radius 1 is 0.970 bits per heavy atom. The van der Waals surface area contributed by atoms with E-state index in [0.717, 1.165) is 49.6 Å². The number of Topliss-reactive ketones (excluding diaryl/α,β-unsaturated/α-hetero) is 1. The molecule has 0 aromatic heterocycles. The summed E-state index contributed by atoms with van der Waals surface area (Å²) in [6.45, 7) is 6.11. The first-order chi connectivity index (χ1) is 16.0. The topological polar surface area (TPSA) is 32.8 Å². The van der Waals surface area contributed by atoms with Crippen LogP contribution in [0.5, 0.6) is 5.75 Å². The van der Waals surface area contributed by atoms with Crippen LogP contribution < -0.4 is 4.74 Å². The Balaban J connectivity index is 1.41. The zero-order chi connectivity index (χ0) is 23.0. The Morgan fingerprint density at radius 3 is 2.36 bits per heavy atom. The normalized spacial score (nSPS) is 21.2. The molecule has 33 heavy (non-hydrogen) atoms. The van der Waals surface area contributed by atoms with Gasteiger partial charge in [-0.3, -0.25) is 14.6 Å². The van der Waals surface area contributed by atoms with Crippen LogP contribution in [-0.2, 0) is 18.5 Å². The Labute approximate surface area is 194 Å². The number of halogens is 1. The number of piperazine rings is 1. The predicted molar refractivity (Wildman–Crippen MR) is 127 cm³/mol. The molecule has 1 fully saturated rings. The molecule has 0 bridgehead atoms. The van der Waals surface area contributed by atoms with Gasteiger partial charge in [0.1, 0.15) is 17.1 Å². The maximum atomic E-state index is 14.7. The van der Waals surface area contributed by atoms with E-state index in [2.05, 4.69) is 28.0 Å². The zero-order valence-electron chi connectivity index (χ0n) is 19.2. The lowest BCUT2D eigenvalue weighted by Crippen LogP contribution is -2.58. The van der Waals surface area contributed by atoms with Gasteiger partial charge in [-0.2, -0.15) is 0 Å². The first-order valence-electron chi connectivity index (χ1n) is 11.5. The maximum absolute atomic E-state index is 14.7. The van der Waals surface area contributed by atoms with Crippen molar-refractivity contribution in [1.29, 1.82) is 0 Å². The number of hydrogen-bond donors (Lipinski definition) is 0. The van der Waals surface area contributed by atoms with Crippen LogP contribution in [0.3, 0.4) is 0 Å². The van der Waals surface area contributed by atoms with Gasteiger partial charge in [0.05, 0.1) is 7.11 Å². The average molecular weight is 445 g/mol. The van der Waals surface area contributed by atoms with Crippen molar-refractivity contribution in [2.75, 3.05) is 33.3 Å². The molecule has 1 atom stereocenters. The third kappa shape index (κ3) is 3.85. The zero-order valence-corrected chi connectivity index (χ0v) is 19.2. The van der Waals surface area contributed by atoms with E-state index in [9.17, 15) is 9.18 Å². The molecule has 2 aliphatic rings. The van der Waals surface area contributed by atoms with Crippen molar-refractivity contribution in [3.63, 3.8) is 0 Å². The van der Waals surface area contributed by atoms with Gasteiger partial charge in [0.15, 0.2) is 5.78 Å². The lowest BCUT2D eigenvalue weighted by atomic mass is 9.82. The lowest BCUT2D eigenvalue weighted by Gasteiger charge is -2.45. The van der Waals surface area contributed by atoms with E-state index in [1.54, 1.807) is 19.2 Å². The van der Waals surface area contributed by atoms with Crippen LogP contribution in [0.25, 0.3) is 0 Å². The van der Waals surface area contributed by atoms with E-state index in [1.165, 1.54) is 11.6 Å². The molecule has 1 aliphatic heterocycles. The highest BCUT2D eigenvalue weighted by Gasteiger charge is 2.52. The Morgan fingerprint density at radius 2 is 1.70 bits per heavy atom. The summed E-state index contributed by atoms with van der Waals surface area (Å²) in [4.78, 5) is 18.6. The highest BCUT2D eigenvalue weighted by atomic mass is 19.1. The summed E-state index contributed by atoms with van der Waals surface area (Å²) < 4.78 is 20.0. The van der Waals surface area contributed by atoms with Crippen molar-refractivity contribution in [2.24, 2.45) is 0 Å². The standard InChI is InChI=1S/C28H29FN2O2/c1-20-5-3-6-22(17-20)28(18-25-24(27(28)32)7-4-8-26(25)29)31-15-13-30(14-16-31)19-21-9-11-23(33-2)12-10-21/h3-12,17H,13-16,18-19H2,1-2H3. The number of carbonyl (C=O) groups is 1. The number of rotatable bonds is 5. The second-order valence-corrected chi connectivity index (χ2v) is 9.11. The van der Waals surface area contributed by atoms with E-state index in [-0.39, 0.29) is 11.6 Å². The van der Waals surface area contributed by atoms with Gasteiger partial charge in [-0.05, 0) is 36.2 Å². The SMILES string of the molecule is COc1ccc(CN2CCN(C3(c4cccc(C)c4)Cc4c(F)cccc4C3=O)CC2)cc1. The quantitative estimate of drug-likeness (QED) is 0.576. The lowest BCUT2D eigenvalue weighted by molar-refractivity contribution is 0.0286. The summed E-state index contributed by atoms with van der Waals surface area (Å²) in [6.07, 6.45) is 0.385. The molecule has 4 nitrogen and oxygen atoms in total. The number of nitrogens with zero attached hydrogens (tertiary/aromatic N) is 2. The van der Waals surface area contributed by atoms with E-state index < -0.39 is 5.54 Å². The Bertz CT molecular complexity index is 1170. The number of ether oxygens (including phenoxy) is 1. The molecule has 5 rings (SSSR count). The van der Waals surface area contributed by atoms with Gasteiger partial charge < -0.3 is 4.74 Å². The van der Waals surface area contributed by atoms with Gasteiger partial charge >= 0.3 is 0 Å². The van der Waals surface area contributed by atoms with Crippen LogP contribution in [0.4, 0.5) is 4.39 Å². The molecule has 0 N–H and O–H groups in total. The summed E-state index contributed by atoms with van der Waals surface area (Å²) in [5.74, 6) is 0.593. The van der Waals surface area contributed by atoms with Crippen LogP contribution in [0.15, 0.2) is 66.7 Å². The van der Waals surface area contributed by atoms with Crippen LogP contribution in [0, 0.1) is 12.7 Å². The summed E-state index contributed by atoms with van der Waals surface area (Å²) in [5.41, 5.74) is 3.54. The molecule has 0 radical (unpaired) electrons. The minimum absolute atomic E-state index is 0.0196. The van der Waals surface area contributed by atoms with Crippen LogP contribution in [0.2, 0.25) is 0 Å². The number of aryl methyl sites for hydroxylation is 1. The number of methoxy groups -OCH3 is 1. The molecule has 5 heteroatoms. The first-order valence-corrected chi connectivity index (χ1v) is 11.5. The second-order valence-electron chi connectivity index (χ2n) is 9.11. The third-order valence-electron chi connectivity index (χ3n) is 7.14. The second kappa shape index (κ2) is 8.73. The van der Waals surface area contributed by atoms with Crippen LogP contribution >= 0.6 is 0 Å². The van der Waals surface area contributed by atoms with Gasteiger partial charge in [-0.1, -0.05) is 54.1 Å². The Kier molecular flexibility index (Phi) is 5.77. The van der Waals surface area contributed by atoms with E-state index >= 15 is 0 Å². The largest absolute Gasteiger partial charge is 0.497 e. The van der Waals surface area contributed by atoms with Crippen molar-refractivity contribution in [3.8, 4) is 5.75 Å². The first kappa shape index (κ1) is 21.8. The van der Waals surface area contributed by atoms with Crippen molar-refractivity contribution >= 4 is 5.78 Å². The predicted octanol–water partition coefficient (Wildman–Crippen LogP) is 4.59. The summed E-state index contributed by atoms with van der Waals surface area (Å²) in [6, 6.07) is 21.2. The molecule has 170 valence electrons. The number of benzene rings is 3. The molecule has 0 saturated carbocycles. The van der Waals surface area contributed by atoms with E-state index in [4.69, 9.17) is 4.74 Å². The van der Waals surface area contributed by atoms with Gasteiger partial charge in [-0.15, -0.1) is 0 Å². The fraction of sp³-hybridized carbons (Fsp3) is 0.321. The number of carbonyl (C=O) groups excluding carboxylic acids is 1. The molecule has 1 aliphatic carbocycles. The van der Waals surface area contributed by atoms with Crippen LogP contribution in [-0.4, -0.2) is 48.9 Å². The highest BCUT2D eigenvalue weighted by Crippen LogP contribution is 2.44. The van der Waals surface area contributed by atoms with Crippen molar-refractivity contribution < 1.29 is 13.9 Å². The fourth-order valence-corrected chi connectivity index (χ4v) is 5.36. The average Bonchev–Trinajstić information content (AvgIpc) is 3.15. The van der Waals surface area contributed by atoms with Crippen molar-refractivity contribution in [1.82, 2.24) is 9.80 Å². The maximum Gasteiger partial charge on any atom is 0.188 e. The molecule has 3 aromatic carbocycles. The van der Waals surface area contributed by atoms with E-state index in [0.29, 0.717) is 17.5 Å².